The van der Waals surface area contributed by atoms with Crippen LogP contribution in [0.4, 0.5) is 0 Å². The molecule has 0 saturated heterocycles. The van der Waals surface area contributed by atoms with E-state index in [1.807, 2.05) is 0 Å². The highest BCUT2D eigenvalue weighted by atomic mass is 14.1. The zero-order chi connectivity index (χ0) is 11.7. The molecule has 2 aromatic carbocycles. The maximum Gasteiger partial charge on any atom is 0.210 e. The molecule has 1 heteroatoms. The Kier molecular flexibility index (Phi) is 2.76. The van der Waals surface area contributed by atoms with E-state index >= 15 is 0 Å². The third kappa shape index (κ3) is 1.80. The van der Waals surface area contributed by atoms with Crippen molar-refractivity contribution in [2.75, 3.05) is 0 Å². The fourth-order valence-corrected chi connectivity index (χ4v) is 3.08. The van der Waals surface area contributed by atoms with Gasteiger partial charge in [-0.3, -0.25) is 0 Å². The van der Waals surface area contributed by atoms with Gasteiger partial charge in [0, 0.05) is 0 Å². The fourth-order valence-electron chi connectivity index (χ4n) is 3.08. The Hall–Kier alpha value is -1.50. The molecule has 0 nitrogen and oxygen atoms in total. The molecule has 0 fully saturated rings. The highest BCUT2D eigenvalue weighted by Gasteiger charge is 2.28. The van der Waals surface area contributed by atoms with Gasteiger partial charge in [-0.05, 0) is 12.8 Å². The Morgan fingerprint density at radius 1 is 0.941 bits per heavy atom. The molecule has 17 heavy (non-hydrogen) atoms. The van der Waals surface area contributed by atoms with E-state index < -0.39 is 0 Å². The Balaban J connectivity index is 2.07. The predicted molar refractivity (Wildman–Crippen MR) is 75.8 cm³/mol. The normalized spacial score (nSPS) is 13.8. The Bertz CT molecular complexity index is 531. The van der Waals surface area contributed by atoms with Crippen LogP contribution in [0.15, 0.2) is 48.5 Å². The molecule has 0 atom stereocenters. The molecule has 0 aromatic heterocycles. The highest BCUT2D eigenvalue weighted by molar-refractivity contribution is 6.86. The standard InChI is InChI=1S/C16H17B/c1-2-13-7-3-5-9-15(13)17-12-11-14-8-4-6-10-16(14)17/h3-10H,2,11-12H2,1H3. The molecule has 1 aliphatic rings. The van der Waals surface area contributed by atoms with E-state index in [2.05, 4.69) is 55.5 Å². The molecule has 0 spiro atoms. The zero-order valence-corrected chi connectivity index (χ0v) is 10.3. The quantitative estimate of drug-likeness (QED) is 0.682. The molecule has 1 heterocycles. The highest BCUT2D eigenvalue weighted by Crippen LogP contribution is 2.15. The minimum atomic E-state index is 0.627. The van der Waals surface area contributed by atoms with Crippen LogP contribution in [0.25, 0.3) is 0 Å². The van der Waals surface area contributed by atoms with E-state index in [1.165, 1.54) is 18.3 Å². The van der Waals surface area contributed by atoms with Gasteiger partial charge in [-0.2, -0.15) is 0 Å². The average molecular weight is 220 g/mol. The SMILES string of the molecule is CCc1ccccc1B1CCc2ccccc21. The van der Waals surface area contributed by atoms with Gasteiger partial charge in [-0.15, -0.1) is 0 Å². The van der Waals surface area contributed by atoms with Crippen molar-refractivity contribution in [1.82, 2.24) is 0 Å². The third-order valence-corrected chi connectivity index (χ3v) is 3.94. The minimum Gasteiger partial charge on any atom is -0.0710 e. The van der Waals surface area contributed by atoms with Gasteiger partial charge in [0.05, 0.1) is 0 Å². The first-order chi connectivity index (χ1) is 8.40. The van der Waals surface area contributed by atoms with Crippen LogP contribution in [-0.2, 0) is 12.8 Å². The molecule has 0 amide bonds. The van der Waals surface area contributed by atoms with Crippen molar-refractivity contribution in [2.45, 2.75) is 26.1 Å². The number of fused-ring (bicyclic) bond motifs is 1. The Labute approximate surface area is 104 Å². The van der Waals surface area contributed by atoms with Crippen LogP contribution in [0, 0.1) is 0 Å². The first-order valence-corrected chi connectivity index (χ1v) is 6.55. The van der Waals surface area contributed by atoms with Crippen molar-refractivity contribution >= 4 is 17.6 Å². The lowest BCUT2D eigenvalue weighted by Crippen LogP contribution is -2.41. The van der Waals surface area contributed by atoms with Gasteiger partial charge < -0.3 is 0 Å². The van der Waals surface area contributed by atoms with E-state index in [1.54, 1.807) is 16.5 Å². The average Bonchev–Trinajstić information content (AvgIpc) is 2.82. The molecule has 0 bridgehead atoms. The lowest BCUT2D eigenvalue weighted by Gasteiger charge is -2.13. The second kappa shape index (κ2) is 4.41. The number of hydrogen-bond acceptors (Lipinski definition) is 0. The van der Waals surface area contributed by atoms with Crippen molar-refractivity contribution in [2.24, 2.45) is 0 Å². The third-order valence-electron chi connectivity index (χ3n) is 3.94. The Morgan fingerprint density at radius 3 is 2.47 bits per heavy atom. The number of benzene rings is 2. The predicted octanol–water partition coefficient (Wildman–Crippen LogP) is 2.41. The zero-order valence-electron chi connectivity index (χ0n) is 10.3. The lowest BCUT2D eigenvalue weighted by molar-refractivity contribution is 1.14. The number of aryl methyl sites for hydroxylation is 2. The number of rotatable bonds is 2. The van der Waals surface area contributed by atoms with Gasteiger partial charge in [0.25, 0.3) is 0 Å². The summed E-state index contributed by atoms with van der Waals surface area (Å²) in [6.07, 6.45) is 3.64. The monoisotopic (exact) mass is 220 g/mol. The largest absolute Gasteiger partial charge is 0.210 e. The molecule has 0 unspecified atom stereocenters. The van der Waals surface area contributed by atoms with Crippen molar-refractivity contribution in [1.29, 1.82) is 0 Å². The maximum atomic E-state index is 2.31. The molecule has 0 N–H and O–H groups in total. The van der Waals surface area contributed by atoms with Gasteiger partial charge in [-0.25, -0.2) is 0 Å². The first kappa shape index (κ1) is 10.6. The lowest BCUT2D eigenvalue weighted by atomic mass is 9.40. The molecule has 3 rings (SSSR count). The maximum absolute atomic E-state index is 2.31. The van der Waals surface area contributed by atoms with Crippen molar-refractivity contribution < 1.29 is 0 Å². The molecule has 0 saturated carbocycles. The summed E-state index contributed by atoms with van der Waals surface area (Å²) in [7, 11) is 0. The van der Waals surface area contributed by atoms with Crippen LogP contribution in [0.2, 0.25) is 6.32 Å². The van der Waals surface area contributed by atoms with E-state index in [0.717, 1.165) is 6.42 Å². The van der Waals surface area contributed by atoms with Crippen molar-refractivity contribution in [3.63, 3.8) is 0 Å². The molecule has 84 valence electrons. The van der Waals surface area contributed by atoms with Gasteiger partial charge in [0.2, 0.25) is 6.71 Å². The molecule has 0 radical (unpaired) electrons. The summed E-state index contributed by atoms with van der Waals surface area (Å²) in [5.74, 6) is 0. The van der Waals surface area contributed by atoms with Crippen molar-refractivity contribution in [3.8, 4) is 0 Å². The molecular formula is C16H17B. The summed E-state index contributed by atoms with van der Waals surface area (Å²) in [5, 5.41) is 0. The van der Waals surface area contributed by atoms with E-state index in [9.17, 15) is 0 Å². The first-order valence-electron chi connectivity index (χ1n) is 6.55. The summed E-state index contributed by atoms with van der Waals surface area (Å²) in [6.45, 7) is 2.88. The van der Waals surface area contributed by atoms with Crippen LogP contribution in [0.1, 0.15) is 18.1 Å². The summed E-state index contributed by atoms with van der Waals surface area (Å²) >= 11 is 0. The van der Waals surface area contributed by atoms with Crippen LogP contribution in [0.5, 0.6) is 0 Å². The minimum absolute atomic E-state index is 0.627. The van der Waals surface area contributed by atoms with Crippen LogP contribution in [-0.4, -0.2) is 6.71 Å². The van der Waals surface area contributed by atoms with Gasteiger partial charge in [0.15, 0.2) is 0 Å². The van der Waals surface area contributed by atoms with E-state index in [0.29, 0.717) is 6.71 Å². The Morgan fingerprint density at radius 2 is 1.65 bits per heavy atom. The topological polar surface area (TPSA) is 0 Å². The van der Waals surface area contributed by atoms with Crippen LogP contribution in [0.3, 0.4) is 0 Å². The van der Waals surface area contributed by atoms with Gasteiger partial charge in [0.1, 0.15) is 0 Å². The molecule has 1 aliphatic heterocycles. The molecule has 2 aromatic rings. The summed E-state index contributed by atoms with van der Waals surface area (Å²) in [5.41, 5.74) is 6.14. The van der Waals surface area contributed by atoms with E-state index in [-0.39, 0.29) is 0 Å². The van der Waals surface area contributed by atoms with Crippen molar-refractivity contribution in [3.05, 3.63) is 59.7 Å². The summed E-state index contributed by atoms with van der Waals surface area (Å²) in [4.78, 5) is 0. The molecule has 0 aliphatic carbocycles. The van der Waals surface area contributed by atoms with Gasteiger partial charge in [-0.1, -0.05) is 83.8 Å². The van der Waals surface area contributed by atoms with Crippen LogP contribution >= 0.6 is 0 Å². The summed E-state index contributed by atoms with van der Waals surface area (Å²) in [6, 6.07) is 17.8. The second-order valence-electron chi connectivity index (χ2n) is 4.84. The fraction of sp³-hybridized carbons (Fsp3) is 0.250. The summed E-state index contributed by atoms with van der Waals surface area (Å²) < 4.78 is 0. The second-order valence-corrected chi connectivity index (χ2v) is 4.84. The van der Waals surface area contributed by atoms with Gasteiger partial charge >= 0.3 is 0 Å². The van der Waals surface area contributed by atoms with Crippen LogP contribution < -0.4 is 10.9 Å². The van der Waals surface area contributed by atoms with E-state index in [4.69, 9.17) is 0 Å². The smallest absolute Gasteiger partial charge is 0.0710 e. The molecular weight excluding hydrogens is 203 g/mol. The number of hydrogen-bond donors (Lipinski definition) is 0.